The van der Waals surface area contributed by atoms with Crippen LogP contribution < -0.4 is 0 Å². The second kappa shape index (κ2) is 6.85. The van der Waals surface area contributed by atoms with Crippen LogP contribution in [-0.4, -0.2) is 31.2 Å². The summed E-state index contributed by atoms with van der Waals surface area (Å²) in [4.78, 5) is 0. The molecule has 0 spiro atoms. The molecule has 1 aromatic carbocycles. The molecule has 114 valence electrons. The summed E-state index contributed by atoms with van der Waals surface area (Å²) in [6.07, 6.45) is -1.19. The molecule has 0 aliphatic heterocycles. The average Bonchev–Trinajstić information content (AvgIpc) is 2.37. The molecule has 20 heavy (non-hydrogen) atoms. The predicted octanol–water partition coefficient (Wildman–Crippen LogP) is 3.49. The summed E-state index contributed by atoms with van der Waals surface area (Å²) < 4.78 is 6.02. The van der Waals surface area contributed by atoms with Crippen molar-refractivity contribution in [3.05, 3.63) is 35.9 Å². The Labute approximate surface area is 123 Å². The van der Waals surface area contributed by atoms with E-state index in [0.717, 1.165) is 5.56 Å². The molecule has 1 rings (SSSR count). The van der Waals surface area contributed by atoms with Crippen LogP contribution in [0.2, 0.25) is 18.1 Å². The third kappa shape index (κ3) is 4.70. The molecule has 2 N–H and O–H groups in total. The SMILES string of the molecule is CC(C)(C)[Si](C)(C)OCCC(O)[C@H](O)c1ccccc1. The number of hydrogen-bond donors (Lipinski definition) is 2. The molecule has 0 heterocycles. The first-order valence-corrected chi connectivity index (χ1v) is 10.1. The Bertz CT molecular complexity index is 398. The fraction of sp³-hybridized carbons (Fsp3) is 0.625. The molecule has 0 aliphatic rings. The lowest BCUT2D eigenvalue weighted by Gasteiger charge is -2.36. The van der Waals surface area contributed by atoms with Crippen molar-refractivity contribution in [2.45, 2.75) is 57.5 Å². The highest BCUT2D eigenvalue weighted by molar-refractivity contribution is 6.74. The molecule has 3 nitrogen and oxygen atoms in total. The van der Waals surface area contributed by atoms with Gasteiger partial charge in [-0.15, -0.1) is 0 Å². The van der Waals surface area contributed by atoms with E-state index >= 15 is 0 Å². The van der Waals surface area contributed by atoms with Crippen molar-refractivity contribution in [2.75, 3.05) is 6.61 Å². The number of benzene rings is 1. The van der Waals surface area contributed by atoms with Gasteiger partial charge in [0.1, 0.15) is 6.10 Å². The summed E-state index contributed by atoms with van der Waals surface area (Å²) >= 11 is 0. The van der Waals surface area contributed by atoms with Crippen LogP contribution >= 0.6 is 0 Å². The van der Waals surface area contributed by atoms with Gasteiger partial charge in [-0.2, -0.15) is 0 Å². The summed E-state index contributed by atoms with van der Waals surface area (Å²) in [6, 6.07) is 9.25. The van der Waals surface area contributed by atoms with E-state index in [4.69, 9.17) is 4.43 Å². The topological polar surface area (TPSA) is 49.7 Å². The van der Waals surface area contributed by atoms with Crippen LogP contribution in [0.15, 0.2) is 30.3 Å². The van der Waals surface area contributed by atoms with Gasteiger partial charge in [-0.1, -0.05) is 51.1 Å². The molecule has 1 unspecified atom stereocenters. The second-order valence-electron chi connectivity index (χ2n) is 6.82. The summed E-state index contributed by atoms with van der Waals surface area (Å²) in [6.45, 7) is 11.4. The van der Waals surface area contributed by atoms with Crippen molar-refractivity contribution >= 4 is 8.32 Å². The Morgan fingerprint density at radius 3 is 2.15 bits per heavy atom. The fourth-order valence-electron chi connectivity index (χ4n) is 1.68. The zero-order chi connectivity index (χ0) is 15.4. The van der Waals surface area contributed by atoms with Crippen molar-refractivity contribution in [3.8, 4) is 0 Å². The molecule has 1 aromatic rings. The van der Waals surface area contributed by atoms with Gasteiger partial charge >= 0.3 is 0 Å². The van der Waals surface area contributed by atoms with Crippen LogP contribution in [0.4, 0.5) is 0 Å². The molecule has 0 aliphatic carbocycles. The van der Waals surface area contributed by atoms with Crippen molar-refractivity contribution in [1.82, 2.24) is 0 Å². The molecule has 0 saturated heterocycles. The van der Waals surface area contributed by atoms with Crippen LogP contribution in [-0.2, 0) is 4.43 Å². The highest BCUT2D eigenvalue weighted by Crippen LogP contribution is 2.36. The lowest BCUT2D eigenvalue weighted by molar-refractivity contribution is 0.00518. The molecule has 4 heteroatoms. The Balaban J connectivity index is 2.46. The van der Waals surface area contributed by atoms with Crippen LogP contribution in [0.3, 0.4) is 0 Å². The first-order valence-electron chi connectivity index (χ1n) is 7.20. The number of rotatable bonds is 6. The zero-order valence-corrected chi connectivity index (χ0v) is 14.3. The van der Waals surface area contributed by atoms with Crippen LogP contribution in [0.25, 0.3) is 0 Å². The van der Waals surface area contributed by atoms with E-state index in [2.05, 4.69) is 33.9 Å². The largest absolute Gasteiger partial charge is 0.417 e. The van der Waals surface area contributed by atoms with E-state index in [1.165, 1.54) is 0 Å². The van der Waals surface area contributed by atoms with Gasteiger partial charge in [0.05, 0.1) is 6.10 Å². The van der Waals surface area contributed by atoms with Crippen molar-refractivity contribution in [3.63, 3.8) is 0 Å². The number of hydrogen-bond acceptors (Lipinski definition) is 3. The van der Waals surface area contributed by atoms with E-state index in [0.29, 0.717) is 13.0 Å². The van der Waals surface area contributed by atoms with Gasteiger partial charge < -0.3 is 14.6 Å². The minimum Gasteiger partial charge on any atom is -0.417 e. The highest BCUT2D eigenvalue weighted by atomic mass is 28.4. The van der Waals surface area contributed by atoms with Gasteiger partial charge in [0.15, 0.2) is 8.32 Å². The Hall–Kier alpha value is -0.683. The van der Waals surface area contributed by atoms with E-state index in [1.54, 1.807) is 0 Å². The lowest BCUT2D eigenvalue weighted by Crippen LogP contribution is -2.41. The van der Waals surface area contributed by atoms with Gasteiger partial charge in [-0.3, -0.25) is 0 Å². The Morgan fingerprint density at radius 2 is 1.65 bits per heavy atom. The molecule has 0 aromatic heterocycles. The van der Waals surface area contributed by atoms with Gasteiger partial charge in [0, 0.05) is 6.61 Å². The molecular weight excluding hydrogens is 268 g/mol. The maximum absolute atomic E-state index is 10.1. The molecule has 0 saturated carbocycles. The van der Waals surface area contributed by atoms with Gasteiger partial charge in [-0.25, -0.2) is 0 Å². The molecular formula is C16H28O3Si. The molecule has 2 atom stereocenters. The maximum Gasteiger partial charge on any atom is 0.191 e. The van der Waals surface area contributed by atoms with E-state index < -0.39 is 20.5 Å². The fourth-order valence-corrected chi connectivity index (χ4v) is 2.74. The quantitative estimate of drug-likeness (QED) is 0.790. The smallest absolute Gasteiger partial charge is 0.191 e. The lowest BCUT2D eigenvalue weighted by atomic mass is 10.0. The molecule has 0 bridgehead atoms. The molecule has 0 amide bonds. The zero-order valence-electron chi connectivity index (χ0n) is 13.3. The van der Waals surface area contributed by atoms with Crippen molar-refractivity contribution < 1.29 is 14.6 Å². The van der Waals surface area contributed by atoms with E-state index in [9.17, 15) is 10.2 Å². The van der Waals surface area contributed by atoms with Crippen LogP contribution in [0, 0.1) is 0 Å². The summed E-state index contributed by atoms with van der Waals surface area (Å²) in [5, 5.41) is 20.3. The number of aliphatic hydroxyl groups is 2. The predicted molar refractivity (Wildman–Crippen MR) is 85.2 cm³/mol. The van der Waals surface area contributed by atoms with E-state index in [-0.39, 0.29) is 5.04 Å². The van der Waals surface area contributed by atoms with Crippen molar-refractivity contribution in [2.24, 2.45) is 0 Å². The summed E-state index contributed by atoms with van der Waals surface area (Å²) in [5.74, 6) is 0. The summed E-state index contributed by atoms with van der Waals surface area (Å²) in [7, 11) is -1.78. The third-order valence-corrected chi connectivity index (χ3v) is 8.73. The first kappa shape index (κ1) is 17.4. The summed E-state index contributed by atoms with van der Waals surface area (Å²) in [5.41, 5.74) is 0.743. The molecule has 0 fully saturated rings. The van der Waals surface area contributed by atoms with Gasteiger partial charge in [0.25, 0.3) is 0 Å². The average molecular weight is 296 g/mol. The standard InChI is InChI=1S/C16H28O3Si/c1-16(2,3)20(4,5)19-12-11-14(17)15(18)13-9-7-6-8-10-13/h6-10,14-15,17-18H,11-12H2,1-5H3/t14?,15-/m1/s1. The third-order valence-electron chi connectivity index (χ3n) is 4.19. The number of aliphatic hydroxyl groups excluding tert-OH is 2. The van der Waals surface area contributed by atoms with E-state index in [1.807, 2.05) is 30.3 Å². The van der Waals surface area contributed by atoms with Gasteiger partial charge in [0.2, 0.25) is 0 Å². The van der Waals surface area contributed by atoms with Crippen LogP contribution in [0.1, 0.15) is 38.9 Å². The first-order chi connectivity index (χ1) is 9.15. The molecule has 0 radical (unpaired) electrons. The maximum atomic E-state index is 10.1. The van der Waals surface area contributed by atoms with Crippen LogP contribution in [0.5, 0.6) is 0 Å². The minimum atomic E-state index is -1.78. The van der Waals surface area contributed by atoms with Gasteiger partial charge in [-0.05, 0) is 30.1 Å². The van der Waals surface area contributed by atoms with Crippen molar-refractivity contribution in [1.29, 1.82) is 0 Å². The Morgan fingerprint density at radius 1 is 1.10 bits per heavy atom. The minimum absolute atomic E-state index is 0.163. The monoisotopic (exact) mass is 296 g/mol. The second-order valence-corrected chi connectivity index (χ2v) is 11.6. The Kier molecular flexibility index (Phi) is 5.95. The normalized spacial score (nSPS) is 15.9. The highest BCUT2D eigenvalue weighted by Gasteiger charge is 2.37.